The summed E-state index contributed by atoms with van der Waals surface area (Å²) in [4.78, 5) is 14.8. The Morgan fingerprint density at radius 1 is 1.47 bits per heavy atom. The largest absolute Gasteiger partial charge is 0.478 e. The van der Waals surface area contributed by atoms with Crippen LogP contribution in [-0.2, 0) is 0 Å². The van der Waals surface area contributed by atoms with Crippen molar-refractivity contribution in [3.05, 3.63) is 23.9 Å². The highest BCUT2D eigenvalue weighted by Crippen LogP contribution is 2.18. The van der Waals surface area contributed by atoms with Crippen LogP contribution in [0.25, 0.3) is 0 Å². The van der Waals surface area contributed by atoms with Crippen LogP contribution >= 0.6 is 0 Å². The van der Waals surface area contributed by atoms with E-state index in [0.717, 1.165) is 25.6 Å². The lowest BCUT2D eigenvalue weighted by Gasteiger charge is -2.06. The van der Waals surface area contributed by atoms with Gasteiger partial charge in [-0.3, -0.25) is 0 Å². The van der Waals surface area contributed by atoms with Gasteiger partial charge in [0.25, 0.3) is 0 Å². The van der Waals surface area contributed by atoms with Crippen molar-refractivity contribution in [3.63, 3.8) is 0 Å². The molecular formula is C12H17N3O2. The summed E-state index contributed by atoms with van der Waals surface area (Å²) in [7, 11) is 0. The fourth-order valence-corrected chi connectivity index (χ4v) is 1.56. The molecule has 1 aliphatic carbocycles. The predicted octanol–water partition coefficient (Wildman–Crippen LogP) is 1.33. The topological polar surface area (TPSA) is 74.2 Å². The van der Waals surface area contributed by atoms with Crippen molar-refractivity contribution in [3.8, 4) is 0 Å². The summed E-state index contributed by atoms with van der Waals surface area (Å²) in [5, 5.41) is 15.4. The predicted molar refractivity (Wildman–Crippen MR) is 65.3 cm³/mol. The van der Waals surface area contributed by atoms with Gasteiger partial charge in [-0.25, -0.2) is 9.78 Å². The van der Waals surface area contributed by atoms with Gasteiger partial charge in [0.05, 0.1) is 5.56 Å². The molecule has 2 rings (SSSR count). The molecule has 1 fully saturated rings. The standard InChI is InChI=1S/C12H17N3O2/c16-12(17)9-4-7-15-11(8-9)14-6-1-5-13-10-2-3-10/h4,7-8,10,13H,1-3,5-6H2,(H,14,15)(H,16,17). The molecule has 0 aliphatic heterocycles. The van der Waals surface area contributed by atoms with E-state index in [2.05, 4.69) is 15.6 Å². The number of aromatic carboxylic acids is 1. The normalized spacial score (nSPS) is 14.6. The summed E-state index contributed by atoms with van der Waals surface area (Å²) in [6.45, 7) is 1.80. The minimum atomic E-state index is -0.925. The summed E-state index contributed by atoms with van der Waals surface area (Å²) in [5.41, 5.74) is 0.263. The number of nitrogens with zero attached hydrogens (tertiary/aromatic N) is 1. The number of rotatable bonds is 7. The van der Waals surface area contributed by atoms with Crippen LogP contribution in [0.4, 0.5) is 5.82 Å². The Morgan fingerprint density at radius 2 is 2.29 bits per heavy atom. The van der Waals surface area contributed by atoms with Crippen LogP contribution in [0.3, 0.4) is 0 Å². The second kappa shape index (κ2) is 5.63. The number of aromatic nitrogens is 1. The van der Waals surface area contributed by atoms with Crippen molar-refractivity contribution in [2.45, 2.75) is 25.3 Å². The number of carboxylic acid groups (broad SMARTS) is 1. The first-order chi connectivity index (χ1) is 8.25. The molecule has 5 heteroatoms. The molecule has 1 aliphatic rings. The summed E-state index contributed by atoms with van der Waals surface area (Å²) in [6, 6.07) is 3.78. The first kappa shape index (κ1) is 11.9. The summed E-state index contributed by atoms with van der Waals surface area (Å²) < 4.78 is 0. The third-order valence-corrected chi connectivity index (χ3v) is 2.68. The van der Waals surface area contributed by atoms with Gasteiger partial charge in [0, 0.05) is 18.8 Å². The maximum Gasteiger partial charge on any atom is 0.335 e. The van der Waals surface area contributed by atoms with Gasteiger partial charge in [-0.05, 0) is 37.9 Å². The lowest BCUT2D eigenvalue weighted by molar-refractivity contribution is 0.0697. The van der Waals surface area contributed by atoms with E-state index in [1.54, 1.807) is 6.07 Å². The number of carbonyl (C=O) groups is 1. The summed E-state index contributed by atoms with van der Waals surface area (Å²) in [6.07, 6.45) is 5.12. The molecular weight excluding hydrogens is 218 g/mol. The molecule has 1 saturated carbocycles. The Hall–Kier alpha value is -1.62. The van der Waals surface area contributed by atoms with E-state index >= 15 is 0 Å². The SMILES string of the molecule is O=C(O)c1ccnc(NCCCNC2CC2)c1. The molecule has 1 heterocycles. The maximum absolute atomic E-state index is 10.7. The average molecular weight is 235 g/mol. The maximum atomic E-state index is 10.7. The van der Waals surface area contributed by atoms with Gasteiger partial charge in [-0.15, -0.1) is 0 Å². The molecule has 0 radical (unpaired) electrons. The number of hydrogen-bond acceptors (Lipinski definition) is 4. The number of hydrogen-bond donors (Lipinski definition) is 3. The Bertz CT molecular complexity index is 391. The molecule has 0 amide bonds. The highest BCUT2D eigenvalue weighted by molar-refractivity contribution is 5.88. The molecule has 3 N–H and O–H groups in total. The number of anilines is 1. The van der Waals surface area contributed by atoms with E-state index in [1.165, 1.54) is 25.1 Å². The van der Waals surface area contributed by atoms with Gasteiger partial charge >= 0.3 is 5.97 Å². The van der Waals surface area contributed by atoms with Crippen LogP contribution in [-0.4, -0.2) is 35.2 Å². The minimum Gasteiger partial charge on any atom is -0.478 e. The Balaban J connectivity index is 1.70. The van der Waals surface area contributed by atoms with Crippen molar-refractivity contribution in [1.29, 1.82) is 0 Å². The fraction of sp³-hybridized carbons (Fsp3) is 0.500. The Labute approximate surface area is 100 Å². The van der Waals surface area contributed by atoms with Crippen LogP contribution in [0.5, 0.6) is 0 Å². The van der Waals surface area contributed by atoms with Crippen LogP contribution in [0.1, 0.15) is 29.6 Å². The minimum absolute atomic E-state index is 0.263. The van der Waals surface area contributed by atoms with Gasteiger partial charge < -0.3 is 15.7 Å². The monoisotopic (exact) mass is 235 g/mol. The van der Waals surface area contributed by atoms with Gasteiger partial charge in [0.15, 0.2) is 0 Å². The molecule has 5 nitrogen and oxygen atoms in total. The lowest BCUT2D eigenvalue weighted by Crippen LogP contribution is -2.20. The van der Waals surface area contributed by atoms with Crippen molar-refractivity contribution in [1.82, 2.24) is 10.3 Å². The zero-order valence-electron chi connectivity index (χ0n) is 9.65. The molecule has 0 spiro atoms. The van der Waals surface area contributed by atoms with Crippen molar-refractivity contribution in [2.75, 3.05) is 18.4 Å². The molecule has 17 heavy (non-hydrogen) atoms. The molecule has 92 valence electrons. The van der Waals surface area contributed by atoms with E-state index < -0.39 is 5.97 Å². The summed E-state index contributed by atoms with van der Waals surface area (Å²) >= 11 is 0. The number of nitrogens with one attached hydrogen (secondary N) is 2. The fourth-order valence-electron chi connectivity index (χ4n) is 1.56. The van der Waals surface area contributed by atoms with E-state index in [0.29, 0.717) is 5.82 Å². The smallest absolute Gasteiger partial charge is 0.335 e. The Morgan fingerprint density at radius 3 is 3.00 bits per heavy atom. The second-order valence-corrected chi connectivity index (χ2v) is 4.24. The molecule has 0 saturated heterocycles. The van der Waals surface area contributed by atoms with Gasteiger partial charge in [0.1, 0.15) is 5.82 Å². The van der Waals surface area contributed by atoms with Crippen LogP contribution in [0.2, 0.25) is 0 Å². The zero-order valence-corrected chi connectivity index (χ0v) is 9.65. The second-order valence-electron chi connectivity index (χ2n) is 4.24. The highest BCUT2D eigenvalue weighted by atomic mass is 16.4. The van der Waals surface area contributed by atoms with Crippen LogP contribution in [0.15, 0.2) is 18.3 Å². The lowest BCUT2D eigenvalue weighted by atomic mass is 10.2. The molecule has 0 atom stereocenters. The van der Waals surface area contributed by atoms with Crippen molar-refractivity contribution >= 4 is 11.8 Å². The van der Waals surface area contributed by atoms with E-state index in [4.69, 9.17) is 5.11 Å². The Kier molecular flexibility index (Phi) is 3.93. The number of carboxylic acids is 1. The van der Waals surface area contributed by atoms with Crippen LogP contribution < -0.4 is 10.6 Å². The molecule has 1 aromatic heterocycles. The third kappa shape index (κ3) is 4.03. The summed E-state index contributed by atoms with van der Waals surface area (Å²) in [5.74, 6) is -0.304. The van der Waals surface area contributed by atoms with Crippen LogP contribution in [0, 0.1) is 0 Å². The third-order valence-electron chi connectivity index (χ3n) is 2.68. The van der Waals surface area contributed by atoms with Gasteiger partial charge in [-0.1, -0.05) is 0 Å². The number of pyridine rings is 1. The van der Waals surface area contributed by atoms with E-state index in [1.807, 2.05) is 0 Å². The zero-order chi connectivity index (χ0) is 12.1. The first-order valence-electron chi connectivity index (χ1n) is 5.92. The van der Waals surface area contributed by atoms with E-state index in [-0.39, 0.29) is 5.56 Å². The molecule has 0 unspecified atom stereocenters. The van der Waals surface area contributed by atoms with Gasteiger partial charge in [-0.2, -0.15) is 0 Å². The van der Waals surface area contributed by atoms with E-state index in [9.17, 15) is 4.79 Å². The molecule has 0 aromatic carbocycles. The van der Waals surface area contributed by atoms with Gasteiger partial charge in [0.2, 0.25) is 0 Å². The molecule has 0 bridgehead atoms. The highest BCUT2D eigenvalue weighted by Gasteiger charge is 2.19. The first-order valence-corrected chi connectivity index (χ1v) is 5.92. The average Bonchev–Trinajstić information content (AvgIpc) is 3.13. The molecule has 1 aromatic rings. The quantitative estimate of drug-likeness (QED) is 0.622. The van der Waals surface area contributed by atoms with Crippen molar-refractivity contribution < 1.29 is 9.90 Å². The van der Waals surface area contributed by atoms with Crippen molar-refractivity contribution in [2.24, 2.45) is 0 Å².